The van der Waals surface area contributed by atoms with Gasteiger partial charge in [-0.1, -0.05) is 31.5 Å². The van der Waals surface area contributed by atoms with Gasteiger partial charge in [-0.15, -0.1) is 0 Å². The van der Waals surface area contributed by atoms with E-state index in [1.165, 1.54) is 12.0 Å². The molecule has 0 atom stereocenters. The summed E-state index contributed by atoms with van der Waals surface area (Å²) in [7, 11) is 1.43. The standard InChI is InChI=1S/C15H22NO2S/c1-3-4-11-16(15(17)18-2)12-8-13-19-14-9-6-5-7-10-14/h5-7,9-10,13H,3-4,8,11-12H2,1-2H3/q+1. The fourth-order valence-corrected chi connectivity index (χ4v) is 2.37. The molecule has 0 heterocycles. The molecule has 1 rings (SSSR count). The number of hydrogen-bond acceptors (Lipinski definition) is 2. The highest BCUT2D eigenvalue weighted by Gasteiger charge is 2.12. The first-order valence-corrected chi connectivity index (χ1v) is 7.52. The number of nitrogens with zero attached hydrogens (tertiary/aromatic N) is 1. The topological polar surface area (TPSA) is 29.5 Å². The molecule has 0 saturated carbocycles. The maximum atomic E-state index is 11.6. The van der Waals surface area contributed by atoms with E-state index in [0.717, 1.165) is 25.8 Å². The fourth-order valence-electron chi connectivity index (χ4n) is 1.64. The number of carbonyl (C=O) groups excluding carboxylic acids is 1. The highest BCUT2D eigenvalue weighted by molar-refractivity contribution is 7.77. The van der Waals surface area contributed by atoms with E-state index in [1.54, 1.807) is 16.3 Å². The van der Waals surface area contributed by atoms with E-state index >= 15 is 0 Å². The lowest BCUT2D eigenvalue weighted by Crippen LogP contribution is -2.32. The molecule has 104 valence electrons. The third kappa shape index (κ3) is 6.34. The largest absolute Gasteiger partial charge is 0.453 e. The van der Waals surface area contributed by atoms with E-state index in [0.29, 0.717) is 6.54 Å². The monoisotopic (exact) mass is 280 g/mol. The minimum Gasteiger partial charge on any atom is -0.453 e. The normalized spacial score (nSPS) is 10.6. The summed E-state index contributed by atoms with van der Waals surface area (Å²) in [6.45, 7) is 3.60. The zero-order valence-corrected chi connectivity index (χ0v) is 12.5. The molecule has 0 spiro atoms. The number of benzene rings is 1. The lowest BCUT2D eigenvalue weighted by Gasteiger charge is -2.19. The Bertz CT molecular complexity index is 392. The minimum atomic E-state index is -0.230. The SMILES string of the molecule is CCCCN(CCC=[S+]c1ccccc1)C(=O)OC. The second kappa shape index (κ2) is 9.50. The summed E-state index contributed by atoms with van der Waals surface area (Å²) in [5.74, 6) is 0. The number of hydrogen-bond donors (Lipinski definition) is 0. The lowest BCUT2D eigenvalue weighted by molar-refractivity contribution is 0.124. The van der Waals surface area contributed by atoms with Crippen molar-refractivity contribution in [2.24, 2.45) is 0 Å². The Morgan fingerprint density at radius 1 is 1.32 bits per heavy atom. The van der Waals surface area contributed by atoms with Gasteiger partial charge in [-0.3, -0.25) is 0 Å². The summed E-state index contributed by atoms with van der Waals surface area (Å²) in [5, 5.41) is 2.14. The number of methoxy groups -OCH3 is 1. The molecule has 0 unspecified atom stereocenters. The van der Waals surface area contributed by atoms with Gasteiger partial charge in [-0.05, 0) is 6.42 Å². The molecule has 4 heteroatoms. The Kier molecular flexibility index (Phi) is 7.82. The number of amides is 1. The van der Waals surface area contributed by atoms with E-state index in [9.17, 15) is 4.79 Å². The van der Waals surface area contributed by atoms with Crippen LogP contribution in [0.3, 0.4) is 0 Å². The molecule has 1 aromatic rings. The van der Waals surface area contributed by atoms with E-state index < -0.39 is 0 Å². The second-order valence-corrected chi connectivity index (χ2v) is 5.24. The van der Waals surface area contributed by atoms with Crippen molar-refractivity contribution in [3.05, 3.63) is 30.3 Å². The molecular formula is C15H22NO2S+. The quantitative estimate of drug-likeness (QED) is 0.567. The van der Waals surface area contributed by atoms with Crippen LogP contribution in [0.15, 0.2) is 35.2 Å². The highest BCUT2D eigenvalue weighted by Crippen LogP contribution is 2.00. The van der Waals surface area contributed by atoms with Crippen molar-refractivity contribution in [1.82, 2.24) is 4.90 Å². The first kappa shape index (κ1) is 15.6. The molecule has 0 aliphatic rings. The van der Waals surface area contributed by atoms with Crippen molar-refractivity contribution in [3.8, 4) is 0 Å². The number of ether oxygens (including phenoxy) is 1. The molecule has 0 saturated heterocycles. The van der Waals surface area contributed by atoms with Crippen molar-refractivity contribution >= 4 is 22.8 Å². The third-order valence-electron chi connectivity index (χ3n) is 2.69. The Hall–Kier alpha value is -1.42. The molecule has 19 heavy (non-hydrogen) atoms. The summed E-state index contributed by atoms with van der Waals surface area (Å²) in [4.78, 5) is 14.6. The maximum Gasteiger partial charge on any atom is 0.409 e. The van der Waals surface area contributed by atoms with Gasteiger partial charge < -0.3 is 9.64 Å². The summed E-state index contributed by atoms with van der Waals surface area (Å²) < 4.78 is 4.79. The van der Waals surface area contributed by atoms with E-state index in [4.69, 9.17) is 4.74 Å². The molecule has 0 N–H and O–H groups in total. The second-order valence-electron chi connectivity index (χ2n) is 4.20. The van der Waals surface area contributed by atoms with Gasteiger partial charge in [0.2, 0.25) is 16.2 Å². The Labute approximate surface area is 119 Å². The molecule has 1 aromatic carbocycles. The average Bonchev–Trinajstić information content (AvgIpc) is 2.47. The smallest absolute Gasteiger partial charge is 0.409 e. The summed E-state index contributed by atoms with van der Waals surface area (Å²) in [6, 6.07) is 10.2. The molecule has 0 aliphatic heterocycles. The van der Waals surface area contributed by atoms with Crippen LogP contribution in [0.25, 0.3) is 0 Å². The zero-order chi connectivity index (χ0) is 13.9. The Balaban J connectivity index is 2.39. The summed E-state index contributed by atoms with van der Waals surface area (Å²) in [6.07, 6.45) is 2.72. The number of unbranched alkanes of at least 4 members (excludes halogenated alkanes) is 1. The van der Waals surface area contributed by atoms with Gasteiger partial charge in [0.25, 0.3) is 0 Å². The van der Waals surface area contributed by atoms with Crippen LogP contribution >= 0.6 is 0 Å². The molecule has 0 radical (unpaired) electrons. The highest BCUT2D eigenvalue weighted by atomic mass is 32.1. The van der Waals surface area contributed by atoms with Gasteiger partial charge in [0, 0.05) is 31.6 Å². The van der Waals surface area contributed by atoms with Crippen LogP contribution in [0, 0.1) is 0 Å². The van der Waals surface area contributed by atoms with Crippen molar-refractivity contribution in [2.75, 3.05) is 20.2 Å². The Morgan fingerprint density at radius 2 is 2.05 bits per heavy atom. The molecule has 0 aromatic heterocycles. The summed E-state index contributed by atoms with van der Waals surface area (Å²) in [5.41, 5.74) is 0. The molecule has 1 amide bonds. The van der Waals surface area contributed by atoms with Crippen LogP contribution in [-0.2, 0) is 16.1 Å². The molecule has 0 fully saturated rings. The van der Waals surface area contributed by atoms with Gasteiger partial charge in [0.1, 0.15) is 0 Å². The van der Waals surface area contributed by atoms with Crippen molar-refractivity contribution in [3.63, 3.8) is 0 Å². The molecule has 3 nitrogen and oxygen atoms in total. The molecular weight excluding hydrogens is 258 g/mol. The predicted octanol–water partition coefficient (Wildman–Crippen LogP) is 3.19. The fraction of sp³-hybridized carbons (Fsp3) is 0.467. The zero-order valence-electron chi connectivity index (χ0n) is 11.7. The van der Waals surface area contributed by atoms with Crippen LogP contribution < -0.4 is 0 Å². The lowest BCUT2D eigenvalue weighted by atomic mass is 10.3. The van der Waals surface area contributed by atoms with Crippen LogP contribution in [0.1, 0.15) is 26.2 Å². The van der Waals surface area contributed by atoms with Crippen molar-refractivity contribution in [1.29, 1.82) is 0 Å². The minimum absolute atomic E-state index is 0.230. The van der Waals surface area contributed by atoms with Crippen molar-refractivity contribution in [2.45, 2.75) is 31.1 Å². The first-order chi connectivity index (χ1) is 9.27. The van der Waals surface area contributed by atoms with Gasteiger partial charge in [0.05, 0.1) is 7.11 Å². The van der Waals surface area contributed by atoms with E-state index in [-0.39, 0.29) is 6.09 Å². The van der Waals surface area contributed by atoms with Crippen LogP contribution in [0.4, 0.5) is 4.79 Å². The van der Waals surface area contributed by atoms with Gasteiger partial charge >= 0.3 is 6.09 Å². The van der Waals surface area contributed by atoms with Gasteiger partial charge in [-0.25, -0.2) is 4.79 Å². The molecule has 0 bridgehead atoms. The van der Waals surface area contributed by atoms with Gasteiger partial charge in [0.15, 0.2) is 5.37 Å². The van der Waals surface area contributed by atoms with E-state index in [2.05, 4.69) is 24.4 Å². The number of carbonyl (C=O) groups is 1. The van der Waals surface area contributed by atoms with Gasteiger partial charge in [-0.2, -0.15) is 0 Å². The molecule has 0 aliphatic carbocycles. The van der Waals surface area contributed by atoms with E-state index in [1.807, 2.05) is 18.2 Å². The van der Waals surface area contributed by atoms with Crippen LogP contribution in [0.2, 0.25) is 0 Å². The predicted molar refractivity (Wildman–Crippen MR) is 81.6 cm³/mol. The maximum absolute atomic E-state index is 11.6. The first-order valence-electron chi connectivity index (χ1n) is 6.64. The average molecular weight is 280 g/mol. The van der Waals surface area contributed by atoms with Crippen molar-refractivity contribution < 1.29 is 9.53 Å². The van der Waals surface area contributed by atoms with Crippen LogP contribution in [-0.4, -0.2) is 36.6 Å². The Morgan fingerprint density at radius 3 is 2.68 bits per heavy atom. The van der Waals surface area contributed by atoms with Crippen LogP contribution in [0.5, 0.6) is 0 Å². The third-order valence-corrected chi connectivity index (χ3v) is 3.64. The summed E-state index contributed by atoms with van der Waals surface area (Å²) >= 11 is 1.70. The number of rotatable bonds is 7.